The quantitative estimate of drug-likeness (QED) is 0.151. The van der Waals surface area contributed by atoms with Crippen LogP contribution in [0.4, 0.5) is 37.7 Å². The van der Waals surface area contributed by atoms with E-state index in [-0.39, 0.29) is 33.4 Å². The molecule has 0 radical (unpaired) electrons. The van der Waals surface area contributed by atoms with Gasteiger partial charge in [-0.2, -0.15) is 26.3 Å². The summed E-state index contributed by atoms with van der Waals surface area (Å²) in [6, 6.07) is 13.7. The topological polar surface area (TPSA) is 109 Å². The first-order chi connectivity index (χ1) is 24.6. The third-order valence-corrected chi connectivity index (χ3v) is 13.4. The number of halogens is 7. The molecule has 8 nitrogen and oxygen atoms in total. The van der Waals surface area contributed by atoms with Gasteiger partial charge in [-0.3, -0.25) is 19.2 Å². The number of rotatable bonds is 6. The number of aromatic nitrogens is 1. The number of nitrogens with zero attached hydrogens (tertiary/aromatic N) is 1. The Balaban J connectivity index is 1.12. The number of imide groups is 1. The number of amides is 3. The van der Waals surface area contributed by atoms with Crippen molar-refractivity contribution in [1.82, 2.24) is 4.98 Å². The molecule has 2 aliphatic carbocycles. The van der Waals surface area contributed by atoms with Crippen LogP contribution in [0.1, 0.15) is 33.9 Å². The van der Waals surface area contributed by atoms with Gasteiger partial charge in [-0.1, -0.05) is 45.5 Å². The lowest BCUT2D eigenvalue weighted by Crippen LogP contribution is -2.42. The van der Waals surface area contributed by atoms with Gasteiger partial charge in [-0.05, 0) is 72.7 Å². The molecule has 1 saturated heterocycles. The van der Waals surface area contributed by atoms with E-state index in [1.165, 1.54) is 36.0 Å². The van der Waals surface area contributed by atoms with Crippen molar-refractivity contribution in [2.24, 2.45) is 29.6 Å². The molecule has 3 aromatic carbocycles. The van der Waals surface area contributed by atoms with Crippen molar-refractivity contribution < 1.29 is 45.5 Å². The van der Waals surface area contributed by atoms with E-state index < -0.39 is 77.2 Å². The minimum absolute atomic E-state index is 0.0763. The molecule has 4 aromatic rings. The first-order valence-electron chi connectivity index (χ1n) is 15.9. The number of thioether (sulfide) groups is 1. The second-order valence-corrected chi connectivity index (χ2v) is 16.2. The Labute approximate surface area is 307 Å². The molecule has 3 fully saturated rings. The summed E-state index contributed by atoms with van der Waals surface area (Å²) < 4.78 is 88.3. The highest BCUT2D eigenvalue weighted by atomic mass is 79.9. The molecule has 2 N–H and O–H groups in total. The Bertz CT molecular complexity index is 2210. The van der Waals surface area contributed by atoms with Gasteiger partial charge in [0.2, 0.25) is 11.8 Å². The summed E-state index contributed by atoms with van der Waals surface area (Å²) in [6.07, 6.45) is -8.93. The van der Waals surface area contributed by atoms with E-state index in [0.29, 0.717) is 31.3 Å². The SMILES string of the molecule is O=C(COc1ccc(Br)cc1[C@H]1c2sc(=O)[nH]c2SC2C3CC(C4C(=O)N(c5ccccc5C(F)(F)F)C(=O)C34)C21)Nc1cccc(C(F)(F)F)c1. The lowest BCUT2D eigenvalue weighted by Gasteiger charge is -2.43. The number of benzene rings is 3. The van der Waals surface area contributed by atoms with Crippen LogP contribution in [0.25, 0.3) is 0 Å². The zero-order valence-corrected chi connectivity index (χ0v) is 29.5. The van der Waals surface area contributed by atoms with Crippen molar-refractivity contribution in [3.05, 3.63) is 102 Å². The standard InChI is InChI=1S/C35H24BrF6N3O5S2/c36-15-8-9-22(50-13-23(46)43-16-5-3-4-14(10-16)34(37,38)39)17(11-15)24-25-18-12-19(28(25)51-30-29(24)52-33(49)44-30)27-26(18)31(47)45(32(27)48)21-7-2-1-6-20(21)35(40,41)42/h1-11,18-19,24-28H,12-13H2,(H,43,46)(H,44,49)/t18?,19?,24-,25?,26?,27?,28?/m1/s1. The van der Waals surface area contributed by atoms with Gasteiger partial charge >= 0.3 is 17.2 Å². The van der Waals surface area contributed by atoms with Crippen LogP contribution in [0.5, 0.6) is 5.75 Å². The maximum atomic E-state index is 14.1. The van der Waals surface area contributed by atoms with Gasteiger partial charge in [0.1, 0.15) is 5.75 Å². The minimum Gasteiger partial charge on any atom is -0.483 e. The number of alkyl halides is 6. The van der Waals surface area contributed by atoms with Gasteiger partial charge in [0.15, 0.2) is 6.61 Å². The fourth-order valence-corrected chi connectivity index (χ4v) is 11.8. The van der Waals surface area contributed by atoms with E-state index in [2.05, 4.69) is 26.2 Å². The molecule has 1 aromatic heterocycles. The smallest absolute Gasteiger partial charge is 0.418 e. The number of para-hydroxylation sites is 1. The molecular formula is C35H24BrF6N3O5S2. The van der Waals surface area contributed by atoms with Gasteiger partial charge in [0.05, 0.1) is 33.7 Å². The zero-order chi connectivity index (χ0) is 36.9. The van der Waals surface area contributed by atoms with E-state index in [9.17, 15) is 45.5 Å². The predicted octanol–water partition coefficient (Wildman–Crippen LogP) is 7.93. The molecule has 7 atom stereocenters. The second-order valence-electron chi connectivity index (χ2n) is 13.1. The zero-order valence-electron chi connectivity index (χ0n) is 26.3. The fraction of sp³-hybridized carbons (Fsp3) is 0.314. The lowest BCUT2D eigenvalue weighted by atomic mass is 9.68. The average Bonchev–Trinajstić information content (AvgIpc) is 3.82. The molecule has 3 heterocycles. The number of fused-ring (bicyclic) bond motifs is 9. The van der Waals surface area contributed by atoms with Crippen LogP contribution in [-0.2, 0) is 26.7 Å². The van der Waals surface area contributed by atoms with Crippen molar-refractivity contribution in [2.45, 2.75) is 35.0 Å². The largest absolute Gasteiger partial charge is 0.483 e. The van der Waals surface area contributed by atoms with Gasteiger partial charge in [0.25, 0.3) is 5.91 Å². The van der Waals surface area contributed by atoms with Gasteiger partial charge < -0.3 is 15.0 Å². The van der Waals surface area contributed by atoms with Crippen molar-refractivity contribution in [2.75, 3.05) is 16.8 Å². The van der Waals surface area contributed by atoms with Gasteiger partial charge in [-0.15, -0.1) is 11.8 Å². The summed E-state index contributed by atoms with van der Waals surface area (Å²) in [7, 11) is 0. The third kappa shape index (κ3) is 5.75. The Morgan fingerprint density at radius 2 is 1.65 bits per heavy atom. The Morgan fingerprint density at radius 3 is 2.38 bits per heavy atom. The number of aromatic amines is 1. The Morgan fingerprint density at radius 1 is 0.923 bits per heavy atom. The molecule has 2 bridgehead atoms. The summed E-state index contributed by atoms with van der Waals surface area (Å²) in [4.78, 5) is 57.6. The van der Waals surface area contributed by atoms with Crippen LogP contribution in [0.3, 0.4) is 0 Å². The normalized spacial score (nSPS) is 26.3. The molecular weight excluding hydrogens is 800 g/mol. The number of anilines is 2. The first kappa shape index (κ1) is 35.0. The number of thiazole rings is 1. The number of hydrogen-bond acceptors (Lipinski definition) is 7. The minimum atomic E-state index is -4.80. The number of carbonyl (C=O) groups excluding carboxylic acids is 3. The number of H-pyrrole nitrogens is 1. The van der Waals surface area contributed by atoms with Crippen molar-refractivity contribution in [3.63, 3.8) is 0 Å². The van der Waals surface area contributed by atoms with Crippen LogP contribution in [0.15, 0.2) is 81.0 Å². The van der Waals surface area contributed by atoms with Crippen LogP contribution < -0.4 is 19.8 Å². The van der Waals surface area contributed by atoms with Crippen LogP contribution >= 0.6 is 39.0 Å². The molecule has 6 unspecified atom stereocenters. The Hall–Kier alpha value is -4.09. The molecule has 17 heteroatoms. The first-order valence-corrected chi connectivity index (χ1v) is 18.4. The van der Waals surface area contributed by atoms with E-state index in [4.69, 9.17) is 4.74 Å². The van der Waals surface area contributed by atoms with Crippen molar-refractivity contribution in [1.29, 1.82) is 0 Å². The summed E-state index contributed by atoms with van der Waals surface area (Å²) in [5.41, 5.74) is -2.03. The highest BCUT2D eigenvalue weighted by Crippen LogP contribution is 2.69. The summed E-state index contributed by atoms with van der Waals surface area (Å²) in [5, 5.41) is 2.70. The molecule has 4 aliphatic rings. The second kappa shape index (κ2) is 12.5. The summed E-state index contributed by atoms with van der Waals surface area (Å²) in [6.45, 7) is -0.575. The average molecular weight is 825 g/mol. The number of carbonyl (C=O) groups is 3. The van der Waals surface area contributed by atoms with Gasteiger partial charge in [-0.25, -0.2) is 4.90 Å². The monoisotopic (exact) mass is 823 g/mol. The Kier molecular flexibility index (Phi) is 8.41. The summed E-state index contributed by atoms with van der Waals surface area (Å²) >= 11 is 5.87. The van der Waals surface area contributed by atoms with E-state index >= 15 is 0 Å². The molecule has 8 rings (SSSR count). The number of ether oxygens (including phenoxy) is 1. The van der Waals surface area contributed by atoms with E-state index in [0.717, 1.165) is 35.6 Å². The maximum absolute atomic E-state index is 14.1. The third-order valence-electron chi connectivity index (χ3n) is 10.3. The summed E-state index contributed by atoms with van der Waals surface area (Å²) in [5.74, 6) is -5.28. The van der Waals surface area contributed by atoms with Crippen LogP contribution in [0.2, 0.25) is 0 Å². The maximum Gasteiger partial charge on any atom is 0.418 e. The van der Waals surface area contributed by atoms with Gasteiger partial charge in [0, 0.05) is 31.8 Å². The molecule has 3 amide bonds. The van der Waals surface area contributed by atoms with Crippen LogP contribution in [-0.4, -0.2) is 34.6 Å². The lowest BCUT2D eigenvalue weighted by molar-refractivity contribution is -0.138. The molecule has 52 heavy (non-hydrogen) atoms. The highest BCUT2D eigenvalue weighted by Gasteiger charge is 2.70. The van der Waals surface area contributed by atoms with Crippen LogP contribution in [0, 0.1) is 29.6 Å². The van der Waals surface area contributed by atoms with Crippen molar-refractivity contribution >= 4 is 68.1 Å². The van der Waals surface area contributed by atoms with Crippen molar-refractivity contribution in [3.8, 4) is 5.75 Å². The number of nitrogens with one attached hydrogen (secondary N) is 2. The number of hydrogen-bond donors (Lipinski definition) is 2. The molecule has 2 saturated carbocycles. The fourth-order valence-electron chi connectivity index (χ4n) is 8.52. The van der Waals surface area contributed by atoms with E-state index in [1.54, 1.807) is 18.2 Å². The predicted molar refractivity (Wildman–Crippen MR) is 182 cm³/mol. The molecule has 270 valence electrons. The molecule has 0 spiro atoms. The molecule has 2 aliphatic heterocycles. The highest BCUT2D eigenvalue weighted by molar-refractivity contribution is 9.10. The van der Waals surface area contributed by atoms with E-state index in [1.807, 2.05) is 0 Å².